The molecule has 1 amide bonds. The van der Waals surface area contributed by atoms with E-state index in [4.69, 9.17) is 5.73 Å². The molecule has 1 aromatic carbocycles. The van der Waals surface area contributed by atoms with Crippen molar-refractivity contribution in [2.45, 2.75) is 25.7 Å². The van der Waals surface area contributed by atoms with Crippen LogP contribution in [0.25, 0.3) is 0 Å². The maximum absolute atomic E-state index is 11.9. The Bertz CT molecular complexity index is 526. The first-order chi connectivity index (χ1) is 7.74. The Labute approximate surface area is 101 Å². The summed E-state index contributed by atoms with van der Waals surface area (Å²) in [6.07, 6.45) is 0. The standard InChI is InChI=1S/C11H15NO4S/c1-7-4-8(2)11(9(3)5-7)17(14,15)16-6-10(12)13/h4-5H,6H2,1-3H3,(H2,12,13). The van der Waals surface area contributed by atoms with Gasteiger partial charge in [0.05, 0.1) is 4.90 Å². The van der Waals surface area contributed by atoms with E-state index >= 15 is 0 Å². The number of carbonyl (C=O) groups is 1. The van der Waals surface area contributed by atoms with Gasteiger partial charge in [-0.3, -0.25) is 8.98 Å². The van der Waals surface area contributed by atoms with Gasteiger partial charge in [-0.05, 0) is 31.9 Å². The number of nitrogens with two attached hydrogens (primary N) is 1. The predicted molar refractivity (Wildman–Crippen MR) is 63.0 cm³/mol. The van der Waals surface area contributed by atoms with E-state index in [-0.39, 0.29) is 4.90 Å². The average molecular weight is 257 g/mol. The van der Waals surface area contributed by atoms with Crippen molar-refractivity contribution < 1.29 is 17.4 Å². The lowest BCUT2D eigenvalue weighted by molar-refractivity contribution is -0.119. The van der Waals surface area contributed by atoms with Gasteiger partial charge in [-0.15, -0.1) is 0 Å². The molecule has 6 heteroatoms. The summed E-state index contributed by atoms with van der Waals surface area (Å²) in [5.41, 5.74) is 7.00. The van der Waals surface area contributed by atoms with Crippen LogP contribution >= 0.6 is 0 Å². The zero-order valence-electron chi connectivity index (χ0n) is 9.98. The van der Waals surface area contributed by atoms with Crippen molar-refractivity contribution in [2.75, 3.05) is 6.61 Å². The third kappa shape index (κ3) is 3.28. The number of carbonyl (C=O) groups excluding carboxylic acids is 1. The summed E-state index contributed by atoms with van der Waals surface area (Å²) in [4.78, 5) is 10.6. The van der Waals surface area contributed by atoms with E-state index in [1.165, 1.54) is 0 Å². The summed E-state index contributed by atoms with van der Waals surface area (Å²) >= 11 is 0. The molecular weight excluding hydrogens is 242 g/mol. The molecule has 0 heterocycles. The molecule has 1 aromatic rings. The van der Waals surface area contributed by atoms with Gasteiger partial charge in [0.2, 0.25) is 5.91 Å². The average Bonchev–Trinajstić information content (AvgIpc) is 2.12. The molecule has 0 unspecified atom stereocenters. The number of rotatable bonds is 4. The van der Waals surface area contributed by atoms with Crippen LogP contribution in [0.1, 0.15) is 16.7 Å². The highest BCUT2D eigenvalue weighted by atomic mass is 32.2. The quantitative estimate of drug-likeness (QED) is 0.808. The third-order valence-electron chi connectivity index (χ3n) is 2.21. The van der Waals surface area contributed by atoms with Crippen LogP contribution in [-0.2, 0) is 19.1 Å². The van der Waals surface area contributed by atoms with E-state index in [1.54, 1.807) is 26.0 Å². The van der Waals surface area contributed by atoms with E-state index in [1.807, 2.05) is 6.92 Å². The number of aryl methyl sites for hydroxylation is 3. The van der Waals surface area contributed by atoms with Gasteiger partial charge in [-0.1, -0.05) is 17.7 Å². The smallest absolute Gasteiger partial charge is 0.297 e. The number of primary amides is 1. The lowest BCUT2D eigenvalue weighted by Crippen LogP contribution is -2.22. The van der Waals surface area contributed by atoms with Crippen molar-refractivity contribution in [1.82, 2.24) is 0 Å². The molecule has 0 radical (unpaired) electrons. The molecule has 0 aromatic heterocycles. The van der Waals surface area contributed by atoms with Crippen molar-refractivity contribution in [3.63, 3.8) is 0 Å². The first kappa shape index (κ1) is 13.7. The topological polar surface area (TPSA) is 86.5 Å². The summed E-state index contributed by atoms with van der Waals surface area (Å²) in [5.74, 6) is -0.823. The molecule has 0 aliphatic rings. The second-order valence-corrected chi connectivity index (χ2v) is 5.46. The molecule has 0 fully saturated rings. The predicted octanol–water partition coefficient (Wildman–Crippen LogP) is 0.802. The van der Waals surface area contributed by atoms with Crippen molar-refractivity contribution in [2.24, 2.45) is 5.73 Å². The summed E-state index contributed by atoms with van der Waals surface area (Å²) in [6, 6.07) is 3.49. The number of benzene rings is 1. The van der Waals surface area contributed by atoms with Crippen LogP contribution in [0.3, 0.4) is 0 Å². The zero-order chi connectivity index (χ0) is 13.2. The van der Waals surface area contributed by atoms with E-state index in [9.17, 15) is 13.2 Å². The van der Waals surface area contributed by atoms with Crippen LogP contribution < -0.4 is 5.73 Å². The fourth-order valence-electron chi connectivity index (χ4n) is 1.76. The van der Waals surface area contributed by atoms with E-state index in [0.29, 0.717) is 11.1 Å². The van der Waals surface area contributed by atoms with E-state index in [0.717, 1.165) is 5.56 Å². The minimum Gasteiger partial charge on any atom is -0.368 e. The van der Waals surface area contributed by atoms with Crippen LogP contribution in [0.5, 0.6) is 0 Å². The molecule has 0 bridgehead atoms. The van der Waals surface area contributed by atoms with Crippen LogP contribution in [0.4, 0.5) is 0 Å². The van der Waals surface area contributed by atoms with Crippen LogP contribution in [-0.4, -0.2) is 20.9 Å². The Hall–Kier alpha value is -1.40. The van der Waals surface area contributed by atoms with Gasteiger partial charge in [0.25, 0.3) is 10.1 Å². The molecule has 0 saturated heterocycles. The lowest BCUT2D eigenvalue weighted by atomic mass is 10.1. The van der Waals surface area contributed by atoms with Crippen molar-refractivity contribution in [3.05, 3.63) is 28.8 Å². The largest absolute Gasteiger partial charge is 0.368 e. The van der Waals surface area contributed by atoms with Gasteiger partial charge in [0.1, 0.15) is 6.61 Å². The van der Waals surface area contributed by atoms with Gasteiger partial charge in [0.15, 0.2) is 0 Å². The summed E-state index contributed by atoms with van der Waals surface area (Å²) in [6.45, 7) is 4.59. The number of hydrogen-bond acceptors (Lipinski definition) is 4. The molecule has 94 valence electrons. The van der Waals surface area contributed by atoms with Gasteiger partial charge in [-0.2, -0.15) is 8.42 Å². The minimum atomic E-state index is -3.93. The number of hydrogen-bond donors (Lipinski definition) is 1. The molecule has 2 N–H and O–H groups in total. The molecule has 0 spiro atoms. The maximum atomic E-state index is 11.9. The Morgan fingerprint density at radius 3 is 2.12 bits per heavy atom. The minimum absolute atomic E-state index is 0.101. The highest BCUT2D eigenvalue weighted by Crippen LogP contribution is 2.23. The highest BCUT2D eigenvalue weighted by molar-refractivity contribution is 7.86. The summed E-state index contributed by atoms with van der Waals surface area (Å²) in [7, 11) is -3.93. The number of amides is 1. The summed E-state index contributed by atoms with van der Waals surface area (Å²) in [5, 5.41) is 0. The molecule has 0 atom stereocenters. The van der Waals surface area contributed by atoms with E-state index < -0.39 is 22.6 Å². The molecule has 17 heavy (non-hydrogen) atoms. The maximum Gasteiger partial charge on any atom is 0.297 e. The molecule has 0 saturated carbocycles. The van der Waals surface area contributed by atoms with Gasteiger partial charge in [0, 0.05) is 0 Å². The van der Waals surface area contributed by atoms with Crippen LogP contribution in [0.15, 0.2) is 17.0 Å². The zero-order valence-corrected chi connectivity index (χ0v) is 10.8. The van der Waals surface area contributed by atoms with Crippen molar-refractivity contribution >= 4 is 16.0 Å². The Balaban J connectivity index is 3.20. The first-order valence-electron chi connectivity index (χ1n) is 4.99. The first-order valence-corrected chi connectivity index (χ1v) is 6.40. The molecule has 1 rings (SSSR count). The third-order valence-corrected chi connectivity index (χ3v) is 3.78. The molecule has 0 aliphatic carbocycles. The molecule has 0 aliphatic heterocycles. The normalized spacial score (nSPS) is 11.5. The van der Waals surface area contributed by atoms with Crippen molar-refractivity contribution in [3.8, 4) is 0 Å². The van der Waals surface area contributed by atoms with Gasteiger partial charge < -0.3 is 5.73 Å². The molecule has 5 nitrogen and oxygen atoms in total. The van der Waals surface area contributed by atoms with Crippen LogP contribution in [0.2, 0.25) is 0 Å². The monoisotopic (exact) mass is 257 g/mol. The second-order valence-electron chi connectivity index (χ2n) is 3.91. The van der Waals surface area contributed by atoms with Crippen LogP contribution in [0, 0.1) is 20.8 Å². The lowest BCUT2D eigenvalue weighted by Gasteiger charge is -2.11. The van der Waals surface area contributed by atoms with E-state index in [2.05, 4.69) is 4.18 Å². The fraction of sp³-hybridized carbons (Fsp3) is 0.364. The highest BCUT2D eigenvalue weighted by Gasteiger charge is 2.21. The summed E-state index contributed by atoms with van der Waals surface area (Å²) < 4.78 is 28.3. The Morgan fingerprint density at radius 2 is 1.71 bits per heavy atom. The van der Waals surface area contributed by atoms with Gasteiger partial charge >= 0.3 is 0 Å². The SMILES string of the molecule is Cc1cc(C)c(S(=O)(=O)OCC(N)=O)c(C)c1. The van der Waals surface area contributed by atoms with Crippen molar-refractivity contribution in [1.29, 1.82) is 0 Å². The molecular formula is C11H15NO4S. The Kier molecular flexibility index (Phi) is 3.90. The fourth-order valence-corrected chi connectivity index (χ4v) is 3.05. The Morgan fingerprint density at radius 1 is 1.24 bits per heavy atom. The van der Waals surface area contributed by atoms with Gasteiger partial charge in [-0.25, -0.2) is 0 Å². The second kappa shape index (κ2) is 4.85.